The van der Waals surface area contributed by atoms with Gasteiger partial charge in [0.05, 0.1) is 0 Å². The number of hydrogen-bond donors (Lipinski definition) is 1. The van der Waals surface area contributed by atoms with E-state index >= 15 is 0 Å². The first-order valence-corrected chi connectivity index (χ1v) is 6.41. The maximum absolute atomic E-state index is 5.91. The van der Waals surface area contributed by atoms with Crippen molar-refractivity contribution in [3.05, 3.63) is 29.3 Å². The van der Waals surface area contributed by atoms with Crippen molar-refractivity contribution in [2.24, 2.45) is 5.41 Å². The molecule has 2 nitrogen and oxygen atoms in total. The molecule has 2 heteroatoms. The van der Waals surface area contributed by atoms with Crippen LogP contribution in [0.25, 0.3) is 0 Å². The predicted molar refractivity (Wildman–Crippen MR) is 71.6 cm³/mol. The van der Waals surface area contributed by atoms with E-state index in [0.717, 1.165) is 25.3 Å². The van der Waals surface area contributed by atoms with Gasteiger partial charge in [0.25, 0.3) is 0 Å². The lowest BCUT2D eigenvalue weighted by Gasteiger charge is -2.20. The highest BCUT2D eigenvalue weighted by Gasteiger charge is 2.22. The summed E-state index contributed by atoms with van der Waals surface area (Å²) in [6.45, 7) is 10.8. The Labute approximate surface area is 104 Å². The van der Waals surface area contributed by atoms with Crippen LogP contribution in [0.3, 0.4) is 0 Å². The van der Waals surface area contributed by atoms with Crippen LogP contribution < -0.4 is 10.1 Å². The van der Waals surface area contributed by atoms with Gasteiger partial charge in [-0.3, -0.25) is 0 Å². The minimum Gasteiger partial charge on any atom is -0.488 e. The second-order valence-electron chi connectivity index (χ2n) is 6.25. The number of benzene rings is 1. The van der Waals surface area contributed by atoms with Crippen LogP contribution in [-0.2, 0) is 6.42 Å². The van der Waals surface area contributed by atoms with E-state index in [1.807, 2.05) is 0 Å². The molecule has 0 amide bonds. The van der Waals surface area contributed by atoms with Crippen LogP contribution in [0.5, 0.6) is 5.75 Å². The molecule has 94 valence electrons. The lowest BCUT2D eigenvalue weighted by Crippen LogP contribution is -2.35. The van der Waals surface area contributed by atoms with Crippen molar-refractivity contribution in [3.8, 4) is 5.75 Å². The van der Waals surface area contributed by atoms with Crippen molar-refractivity contribution in [1.29, 1.82) is 0 Å². The zero-order valence-corrected chi connectivity index (χ0v) is 11.3. The first-order valence-electron chi connectivity index (χ1n) is 6.41. The molecule has 0 saturated carbocycles. The minimum absolute atomic E-state index is 0.300. The smallest absolute Gasteiger partial charge is 0.123 e. The van der Waals surface area contributed by atoms with Crippen LogP contribution >= 0.6 is 0 Å². The second-order valence-corrected chi connectivity index (χ2v) is 6.25. The molecular formula is C15H23NO. The molecule has 0 radical (unpaired) electrons. The fourth-order valence-corrected chi connectivity index (χ4v) is 2.17. The van der Waals surface area contributed by atoms with E-state index in [9.17, 15) is 0 Å². The van der Waals surface area contributed by atoms with Crippen LogP contribution in [0.4, 0.5) is 0 Å². The molecule has 1 aliphatic heterocycles. The van der Waals surface area contributed by atoms with Gasteiger partial charge in [-0.1, -0.05) is 38.5 Å². The third-order valence-corrected chi connectivity index (χ3v) is 2.98. The summed E-state index contributed by atoms with van der Waals surface area (Å²) in [6.07, 6.45) is 1.34. The Morgan fingerprint density at radius 1 is 1.35 bits per heavy atom. The molecule has 0 spiro atoms. The van der Waals surface area contributed by atoms with Crippen molar-refractivity contribution in [2.75, 3.05) is 13.1 Å². The van der Waals surface area contributed by atoms with Gasteiger partial charge in [0.2, 0.25) is 0 Å². The summed E-state index contributed by atoms with van der Waals surface area (Å²) in [6, 6.07) is 6.44. The molecular weight excluding hydrogens is 210 g/mol. The van der Waals surface area contributed by atoms with Gasteiger partial charge in [0, 0.05) is 19.5 Å². The highest BCUT2D eigenvalue weighted by molar-refractivity contribution is 5.40. The summed E-state index contributed by atoms with van der Waals surface area (Å²) in [5.41, 5.74) is 3.00. The first kappa shape index (κ1) is 12.4. The normalized spacial score (nSPS) is 18.9. The van der Waals surface area contributed by atoms with Crippen LogP contribution in [0, 0.1) is 12.3 Å². The molecule has 1 aliphatic rings. The summed E-state index contributed by atoms with van der Waals surface area (Å²) >= 11 is 0. The Balaban J connectivity index is 1.84. The van der Waals surface area contributed by atoms with Gasteiger partial charge >= 0.3 is 0 Å². The Morgan fingerprint density at radius 3 is 2.82 bits per heavy atom. The standard InChI is InChI=1S/C15H23NO/c1-11-5-6-14-12(7-11)8-13(17-14)9-16-10-15(2,3)4/h5-7,13,16H,8-10H2,1-4H3. The van der Waals surface area contributed by atoms with Crippen LogP contribution in [-0.4, -0.2) is 19.2 Å². The van der Waals surface area contributed by atoms with E-state index in [1.54, 1.807) is 0 Å². The van der Waals surface area contributed by atoms with Crippen LogP contribution in [0.1, 0.15) is 31.9 Å². The van der Waals surface area contributed by atoms with E-state index in [0.29, 0.717) is 11.5 Å². The monoisotopic (exact) mass is 233 g/mol. The van der Waals surface area contributed by atoms with Gasteiger partial charge in [0.1, 0.15) is 11.9 Å². The van der Waals surface area contributed by atoms with E-state index in [-0.39, 0.29) is 0 Å². The predicted octanol–water partition coefficient (Wildman–Crippen LogP) is 2.93. The molecule has 1 unspecified atom stereocenters. The SMILES string of the molecule is Cc1ccc2c(c1)CC(CNCC(C)(C)C)O2. The maximum atomic E-state index is 5.91. The van der Waals surface area contributed by atoms with Gasteiger partial charge in [-0.2, -0.15) is 0 Å². The summed E-state index contributed by atoms with van der Waals surface area (Å²) in [5.74, 6) is 1.07. The second kappa shape index (κ2) is 4.69. The van der Waals surface area contributed by atoms with Crippen molar-refractivity contribution in [3.63, 3.8) is 0 Å². The van der Waals surface area contributed by atoms with E-state index in [1.165, 1.54) is 11.1 Å². The minimum atomic E-state index is 0.300. The number of hydrogen-bond acceptors (Lipinski definition) is 2. The number of nitrogens with one attached hydrogen (secondary N) is 1. The van der Waals surface area contributed by atoms with Gasteiger partial charge in [-0.05, 0) is 24.0 Å². The molecule has 17 heavy (non-hydrogen) atoms. The molecule has 0 fully saturated rings. The molecule has 0 bridgehead atoms. The van der Waals surface area contributed by atoms with E-state index < -0.39 is 0 Å². The number of aryl methyl sites for hydroxylation is 1. The fraction of sp³-hybridized carbons (Fsp3) is 0.600. The summed E-state index contributed by atoms with van der Waals surface area (Å²) in [7, 11) is 0. The Morgan fingerprint density at radius 2 is 2.12 bits per heavy atom. The van der Waals surface area contributed by atoms with Crippen LogP contribution in [0.2, 0.25) is 0 Å². The van der Waals surface area contributed by atoms with Gasteiger partial charge in [-0.25, -0.2) is 0 Å². The molecule has 1 aromatic rings. The molecule has 1 heterocycles. The third-order valence-electron chi connectivity index (χ3n) is 2.98. The zero-order chi connectivity index (χ0) is 12.5. The van der Waals surface area contributed by atoms with Crippen molar-refractivity contribution in [2.45, 2.75) is 40.2 Å². The van der Waals surface area contributed by atoms with Gasteiger partial charge < -0.3 is 10.1 Å². The molecule has 2 rings (SSSR count). The van der Waals surface area contributed by atoms with Gasteiger partial charge in [0.15, 0.2) is 0 Å². The Kier molecular flexibility index (Phi) is 3.43. The lowest BCUT2D eigenvalue weighted by atomic mass is 9.97. The molecule has 0 aromatic heterocycles. The Hall–Kier alpha value is -1.02. The van der Waals surface area contributed by atoms with E-state index in [4.69, 9.17) is 4.74 Å². The highest BCUT2D eigenvalue weighted by Crippen LogP contribution is 2.29. The van der Waals surface area contributed by atoms with Crippen molar-refractivity contribution >= 4 is 0 Å². The highest BCUT2D eigenvalue weighted by atomic mass is 16.5. The molecule has 1 N–H and O–H groups in total. The zero-order valence-electron chi connectivity index (χ0n) is 11.3. The Bertz CT molecular complexity index is 392. The average molecular weight is 233 g/mol. The molecule has 1 atom stereocenters. The number of rotatable bonds is 3. The molecule has 0 saturated heterocycles. The van der Waals surface area contributed by atoms with Gasteiger partial charge in [-0.15, -0.1) is 0 Å². The quantitative estimate of drug-likeness (QED) is 0.866. The summed E-state index contributed by atoms with van der Waals surface area (Å²) in [5, 5.41) is 3.49. The average Bonchev–Trinajstić information content (AvgIpc) is 2.57. The molecule has 1 aromatic carbocycles. The lowest BCUT2D eigenvalue weighted by molar-refractivity contribution is 0.220. The van der Waals surface area contributed by atoms with Crippen molar-refractivity contribution in [1.82, 2.24) is 5.32 Å². The number of fused-ring (bicyclic) bond motifs is 1. The molecule has 0 aliphatic carbocycles. The summed E-state index contributed by atoms with van der Waals surface area (Å²) in [4.78, 5) is 0. The first-order chi connectivity index (χ1) is 7.94. The topological polar surface area (TPSA) is 21.3 Å². The third kappa shape index (κ3) is 3.47. The van der Waals surface area contributed by atoms with Crippen LogP contribution in [0.15, 0.2) is 18.2 Å². The van der Waals surface area contributed by atoms with Crippen molar-refractivity contribution < 1.29 is 4.74 Å². The number of ether oxygens (including phenoxy) is 1. The summed E-state index contributed by atoms with van der Waals surface area (Å²) < 4.78 is 5.91. The largest absolute Gasteiger partial charge is 0.488 e. The maximum Gasteiger partial charge on any atom is 0.123 e. The fourth-order valence-electron chi connectivity index (χ4n) is 2.17. The van der Waals surface area contributed by atoms with E-state index in [2.05, 4.69) is 51.2 Å².